The van der Waals surface area contributed by atoms with Crippen LogP contribution in [-0.4, -0.2) is 66.3 Å². The van der Waals surface area contributed by atoms with Gasteiger partial charge in [-0.3, -0.25) is 0 Å². The van der Waals surface area contributed by atoms with Crippen LogP contribution in [0.4, 0.5) is 21.0 Å². The maximum atomic E-state index is 14.0. The molecule has 1 aromatic rings. The predicted molar refractivity (Wildman–Crippen MR) is 82.1 cm³/mol. The van der Waals surface area contributed by atoms with E-state index in [0.29, 0.717) is 31.4 Å². The second kappa shape index (κ2) is 5.21. The van der Waals surface area contributed by atoms with Gasteiger partial charge >= 0.3 is 6.09 Å². The molecule has 23 heavy (non-hydrogen) atoms. The fourth-order valence-electron chi connectivity index (χ4n) is 3.67. The number of hydrogen-bond acceptors (Lipinski definition) is 6. The Balaban J connectivity index is 1.55. The van der Waals surface area contributed by atoms with Crippen LogP contribution >= 0.6 is 0 Å². The van der Waals surface area contributed by atoms with Crippen molar-refractivity contribution < 1.29 is 13.9 Å². The minimum Gasteiger partial charge on any atom is -0.439 e. The molecule has 1 amide bonds. The zero-order valence-corrected chi connectivity index (χ0v) is 13.2. The second-order valence-corrected chi connectivity index (χ2v) is 6.61. The molecule has 0 aliphatic carbocycles. The van der Waals surface area contributed by atoms with Crippen LogP contribution in [0, 0.1) is 5.82 Å². The molecule has 7 nitrogen and oxygen atoms in total. The zero-order chi connectivity index (χ0) is 16.0. The topological polar surface area (TPSA) is 61.8 Å². The summed E-state index contributed by atoms with van der Waals surface area (Å²) in [6.45, 7) is 3.49. The van der Waals surface area contributed by atoms with E-state index in [1.165, 1.54) is 6.20 Å². The normalized spacial score (nSPS) is 27.4. The van der Waals surface area contributed by atoms with Crippen LogP contribution in [0.3, 0.4) is 0 Å². The molecule has 1 spiro atoms. The van der Waals surface area contributed by atoms with Crippen molar-refractivity contribution in [2.24, 2.45) is 0 Å². The van der Waals surface area contributed by atoms with Gasteiger partial charge < -0.3 is 19.4 Å². The number of likely N-dealkylation sites (N-methyl/N-ethyl adjacent to an activating group) is 1. The van der Waals surface area contributed by atoms with Crippen molar-refractivity contribution in [3.8, 4) is 0 Å². The van der Waals surface area contributed by atoms with Gasteiger partial charge in [0.2, 0.25) is 5.95 Å². The van der Waals surface area contributed by atoms with Crippen molar-refractivity contribution in [3.63, 3.8) is 0 Å². The summed E-state index contributed by atoms with van der Waals surface area (Å²) in [5, 5.41) is 0. The molecule has 4 heterocycles. The van der Waals surface area contributed by atoms with Crippen LogP contribution < -0.4 is 9.80 Å². The van der Waals surface area contributed by atoms with Gasteiger partial charge in [0.1, 0.15) is 0 Å². The van der Waals surface area contributed by atoms with Crippen molar-refractivity contribution in [1.29, 1.82) is 0 Å². The Morgan fingerprint density at radius 2 is 2.00 bits per heavy atom. The molecule has 0 bridgehead atoms. The number of halogens is 1. The second-order valence-electron chi connectivity index (χ2n) is 6.61. The minimum absolute atomic E-state index is 0.287. The van der Waals surface area contributed by atoms with Crippen molar-refractivity contribution in [2.45, 2.75) is 24.9 Å². The molecule has 3 saturated heterocycles. The Morgan fingerprint density at radius 1 is 1.22 bits per heavy atom. The average Bonchev–Trinajstić information content (AvgIpc) is 3.23. The first kappa shape index (κ1) is 14.5. The van der Waals surface area contributed by atoms with Crippen molar-refractivity contribution in [3.05, 3.63) is 12.0 Å². The van der Waals surface area contributed by atoms with E-state index in [1.807, 2.05) is 9.80 Å². The maximum Gasteiger partial charge on any atom is 0.410 e. The molecule has 3 aliphatic heterocycles. The van der Waals surface area contributed by atoms with Gasteiger partial charge in [0.15, 0.2) is 17.2 Å². The van der Waals surface area contributed by atoms with Gasteiger partial charge in [-0.25, -0.2) is 14.2 Å². The van der Waals surface area contributed by atoms with Gasteiger partial charge in [-0.2, -0.15) is 4.98 Å². The summed E-state index contributed by atoms with van der Waals surface area (Å²) in [6, 6.07) is 0. The molecule has 124 valence electrons. The summed E-state index contributed by atoms with van der Waals surface area (Å²) in [5.41, 5.74) is -0.489. The summed E-state index contributed by atoms with van der Waals surface area (Å²) in [4.78, 5) is 25.8. The third kappa shape index (κ3) is 2.46. The highest BCUT2D eigenvalue weighted by Crippen LogP contribution is 2.34. The highest BCUT2D eigenvalue weighted by Gasteiger charge is 2.49. The molecular formula is C15H20FN5O2. The van der Waals surface area contributed by atoms with Gasteiger partial charge in [0.25, 0.3) is 0 Å². The van der Waals surface area contributed by atoms with Crippen molar-refractivity contribution >= 4 is 17.9 Å². The molecule has 4 rings (SSSR count). The first-order valence-corrected chi connectivity index (χ1v) is 8.03. The summed E-state index contributed by atoms with van der Waals surface area (Å²) < 4.78 is 19.6. The van der Waals surface area contributed by atoms with Gasteiger partial charge in [-0.1, -0.05) is 0 Å². The van der Waals surface area contributed by atoms with Crippen molar-refractivity contribution in [1.82, 2.24) is 14.9 Å². The van der Waals surface area contributed by atoms with E-state index in [-0.39, 0.29) is 11.9 Å². The number of aromatic nitrogens is 2. The highest BCUT2D eigenvalue weighted by atomic mass is 19.1. The van der Waals surface area contributed by atoms with Gasteiger partial charge in [0.05, 0.1) is 19.3 Å². The lowest BCUT2D eigenvalue weighted by atomic mass is 10.0. The van der Waals surface area contributed by atoms with E-state index < -0.39 is 5.60 Å². The fraction of sp³-hybridized carbons (Fsp3) is 0.667. The van der Waals surface area contributed by atoms with E-state index in [2.05, 4.69) is 9.97 Å². The van der Waals surface area contributed by atoms with Crippen LogP contribution in [0.15, 0.2) is 6.20 Å². The molecule has 3 aliphatic rings. The van der Waals surface area contributed by atoms with Gasteiger partial charge in [0, 0.05) is 33.1 Å². The molecular weight excluding hydrogens is 301 g/mol. The van der Waals surface area contributed by atoms with Crippen LogP contribution in [0.25, 0.3) is 0 Å². The molecule has 0 radical (unpaired) electrons. The summed E-state index contributed by atoms with van der Waals surface area (Å²) in [5.74, 6) is 0.515. The monoisotopic (exact) mass is 321 g/mol. The number of ether oxygens (including phenoxy) is 1. The third-order valence-electron chi connectivity index (χ3n) is 4.86. The summed E-state index contributed by atoms with van der Waals surface area (Å²) >= 11 is 0. The molecule has 0 saturated carbocycles. The van der Waals surface area contributed by atoms with Crippen LogP contribution in [0.5, 0.6) is 0 Å². The number of amides is 1. The summed E-state index contributed by atoms with van der Waals surface area (Å²) in [7, 11) is 1.74. The zero-order valence-electron chi connectivity index (χ0n) is 13.2. The fourth-order valence-corrected chi connectivity index (χ4v) is 3.67. The van der Waals surface area contributed by atoms with Gasteiger partial charge in [-0.05, 0) is 12.8 Å². The number of nitrogens with zero attached hydrogens (tertiary/aromatic N) is 5. The standard InChI is InChI=1S/C15H20FN5O2/c1-19-9-15(23-14(19)22)4-7-21(10-15)13-17-8-11(16)12(18-13)20-5-2-3-6-20/h8H,2-7,9-10H2,1H3. The Bertz CT molecular complexity index is 636. The number of hydrogen-bond donors (Lipinski definition) is 0. The van der Waals surface area contributed by atoms with E-state index in [4.69, 9.17) is 4.74 Å². The Morgan fingerprint density at radius 3 is 2.70 bits per heavy atom. The lowest BCUT2D eigenvalue weighted by Crippen LogP contribution is -2.37. The molecule has 8 heteroatoms. The lowest BCUT2D eigenvalue weighted by Gasteiger charge is -2.23. The Hall–Kier alpha value is -2.12. The third-order valence-corrected chi connectivity index (χ3v) is 4.86. The van der Waals surface area contributed by atoms with E-state index in [9.17, 15) is 9.18 Å². The SMILES string of the molecule is CN1CC2(CCN(c3ncc(F)c(N4CCCC4)n3)C2)OC1=O. The molecule has 0 aromatic carbocycles. The average molecular weight is 321 g/mol. The number of anilines is 2. The van der Waals surface area contributed by atoms with Crippen LogP contribution in [0.2, 0.25) is 0 Å². The highest BCUT2D eigenvalue weighted by molar-refractivity contribution is 5.70. The largest absolute Gasteiger partial charge is 0.439 e. The van der Waals surface area contributed by atoms with E-state index >= 15 is 0 Å². The first-order valence-electron chi connectivity index (χ1n) is 8.03. The minimum atomic E-state index is -0.489. The molecule has 1 atom stereocenters. The summed E-state index contributed by atoms with van der Waals surface area (Å²) in [6.07, 6.45) is 3.82. The van der Waals surface area contributed by atoms with Crippen LogP contribution in [0.1, 0.15) is 19.3 Å². The molecule has 3 fully saturated rings. The predicted octanol–water partition coefficient (Wildman–Crippen LogP) is 1.25. The Kier molecular flexibility index (Phi) is 3.28. The first-order chi connectivity index (χ1) is 11.1. The smallest absolute Gasteiger partial charge is 0.410 e. The van der Waals surface area contributed by atoms with E-state index in [0.717, 1.165) is 32.4 Å². The molecule has 0 N–H and O–H groups in total. The van der Waals surface area contributed by atoms with Crippen molar-refractivity contribution in [2.75, 3.05) is 49.6 Å². The van der Waals surface area contributed by atoms with Gasteiger partial charge in [-0.15, -0.1) is 0 Å². The lowest BCUT2D eigenvalue weighted by molar-refractivity contribution is 0.0741. The molecule has 1 unspecified atom stereocenters. The number of rotatable bonds is 2. The molecule has 1 aromatic heterocycles. The Labute approximate surface area is 134 Å². The quantitative estimate of drug-likeness (QED) is 0.817. The number of carbonyl (C=O) groups is 1. The number of carbonyl (C=O) groups excluding carboxylic acids is 1. The van der Waals surface area contributed by atoms with E-state index in [1.54, 1.807) is 11.9 Å². The maximum absolute atomic E-state index is 14.0. The van der Waals surface area contributed by atoms with Crippen LogP contribution in [-0.2, 0) is 4.74 Å².